The van der Waals surface area contributed by atoms with Crippen LogP contribution in [0.15, 0.2) is 24.3 Å². The summed E-state index contributed by atoms with van der Waals surface area (Å²) >= 11 is 0. The Bertz CT molecular complexity index is 614. The number of halogens is 1. The van der Waals surface area contributed by atoms with E-state index in [0.29, 0.717) is 32.6 Å². The van der Waals surface area contributed by atoms with E-state index in [-0.39, 0.29) is 36.2 Å². The number of nitrogens with two attached hydrogens (primary N) is 1. The molecule has 25 heavy (non-hydrogen) atoms. The van der Waals surface area contributed by atoms with Gasteiger partial charge in [0.05, 0.1) is 6.42 Å². The summed E-state index contributed by atoms with van der Waals surface area (Å²) in [4.78, 5) is 28.8. The van der Waals surface area contributed by atoms with Crippen molar-refractivity contribution in [2.24, 2.45) is 11.7 Å². The van der Waals surface area contributed by atoms with Crippen molar-refractivity contribution >= 4 is 24.2 Å². The first-order valence-electron chi connectivity index (χ1n) is 8.91. The number of carbonyl (C=O) groups excluding carboxylic acids is 2. The molecule has 138 valence electrons. The average molecular weight is 366 g/mol. The molecule has 5 nitrogen and oxygen atoms in total. The molecule has 1 heterocycles. The fourth-order valence-corrected chi connectivity index (χ4v) is 3.76. The molecule has 6 heteroatoms. The summed E-state index contributed by atoms with van der Waals surface area (Å²) in [6.45, 7) is 4.59. The first-order valence-corrected chi connectivity index (χ1v) is 8.91. The SMILES string of the molecule is Cc1ccccc1CC(=O)N1CCN(C(=O)C2CCC(N)C2)CC1.Cl. The molecule has 1 aromatic rings. The zero-order valence-electron chi connectivity index (χ0n) is 14.8. The molecule has 2 aliphatic rings. The normalized spacial score (nSPS) is 23.3. The van der Waals surface area contributed by atoms with Gasteiger partial charge in [0.15, 0.2) is 0 Å². The molecule has 1 saturated heterocycles. The zero-order valence-corrected chi connectivity index (χ0v) is 15.6. The van der Waals surface area contributed by atoms with Crippen molar-refractivity contribution in [2.45, 2.75) is 38.6 Å². The maximum atomic E-state index is 12.5. The third kappa shape index (κ3) is 4.73. The number of aryl methyl sites for hydroxylation is 1. The van der Waals surface area contributed by atoms with Gasteiger partial charge in [-0.1, -0.05) is 24.3 Å². The van der Waals surface area contributed by atoms with Crippen molar-refractivity contribution in [1.82, 2.24) is 9.80 Å². The summed E-state index contributed by atoms with van der Waals surface area (Å²) in [5.41, 5.74) is 8.15. The number of piperazine rings is 1. The Labute approximate surface area is 155 Å². The predicted molar refractivity (Wildman–Crippen MR) is 101 cm³/mol. The van der Waals surface area contributed by atoms with Crippen LogP contribution in [-0.4, -0.2) is 53.8 Å². The van der Waals surface area contributed by atoms with Crippen LogP contribution in [0.3, 0.4) is 0 Å². The Kier molecular flexibility index (Phi) is 6.85. The lowest BCUT2D eigenvalue weighted by Crippen LogP contribution is -2.52. The van der Waals surface area contributed by atoms with Gasteiger partial charge in [0.25, 0.3) is 0 Å². The second-order valence-electron chi connectivity index (χ2n) is 7.08. The van der Waals surface area contributed by atoms with Gasteiger partial charge in [-0.25, -0.2) is 0 Å². The van der Waals surface area contributed by atoms with Crippen LogP contribution in [0.1, 0.15) is 30.4 Å². The van der Waals surface area contributed by atoms with E-state index >= 15 is 0 Å². The number of carbonyl (C=O) groups is 2. The molecule has 1 saturated carbocycles. The van der Waals surface area contributed by atoms with E-state index in [9.17, 15) is 9.59 Å². The summed E-state index contributed by atoms with van der Waals surface area (Å²) in [7, 11) is 0. The molecule has 2 fully saturated rings. The van der Waals surface area contributed by atoms with E-state index in [1.807, 2.05) is 41.0 Å². The van der Waals surface area contributed by atoms with Crippen molar-refractivity contribution in [1.29, 1.82) is 0 Å². The van der Waals surface area contributed by atoms with E-state index < -0.39 is 0 Å². The standard InChI is InChI=1S/C19H27N3O2.ClH/c1-14-4-2-3-5-15(14)13-18(23)21-8-10-22(11-9-21)19(24)16-6-7-17(20)12-16;/h2-5,16-17H,6-13,20H2,1H3;1H. The minimum Gasteiger partial charge on any atom is -0.339 e. The molecule has 2 N–H and O–H groups in total. The number of amides is 2. The molecule has 1 aliphatic carbocycles. The van der Waals surface area contributed by atoms with Gasteiger partial charge in [-0.05, 0) is 37.3 Å². The van der Waals surface area contributed by atoms with E-state index in [1.165, 1.54) is 0 Å². The van der Waals surface area contributed by atoms with Gasteiger partial charge >= 0.3 is 0 Å². The highest BCUT2D eigenvalue weighted by Crippen LogP contribution is 2.26. The highest BCUT2D eigenvalue weighted by molar-refractivity contribution is 5.85. The van der Waals surface area contributed by atoms with Crippen molar-refractivity contribution in [3.05, 3.63) is 35.4 Å². The van der Waals surface area contributed by atoms with Crippen LogP contribution in [0, 0.1) is 12.8 Å². The molecule has 0 bridgehead atoms. The highest BCUT2D eigenvalue weighted by atomic mass is 35.5. The molecular formula is C19H28ClN3O2. The number of nitrogens with zero attached hydrogens (tertiary/aromatic N) is 2. The first-order chi connectivity index (χ1) is 11.5. The van der Waals surface area contributed by atoms with Crippen molar-refractivity contribution < 1.29 is 9.59 Å². The second kappa shape index (κ2) is 8.68. The lowest BCUT2D eigenvalue weighted by molar-refractivity contribution is -0.141. The van der Waals surface area contributed by atoms with Gasteiger partial charge in [-0.2, -0.15) is 0 Å². The average Bonchev–Trinajstić information content (AvgIpc) is 3.03. The van der Waals surface area contributed by atoms with E-state index in [1.54, 1.807) is 0 Å². The summed E-state index contributed by atoms with van der Waals surface area (Å²) in [5, 5.41) is 0. The Morgan fingerprint density at radius 2 is 1.72 bits per heavy atom. The summed E-state index contributed by atoms with van der Waals surface area (Å²) in [6.07, 6.45) is 3.11. The highest BCUT2D eigenvalue weighted by Gasteiger charge is 2.33. The van der Waals surface area contributed by atoms with Crippen LogP contribution in [0.25, 0.3) is 0 Å². The Morgan fingerprint density at radius 1 is 1.08 bits per heavy atom. The minimum absolute atomic E-state index is 0. The zero-order chi connectivity index (χ0) is 17.1. The lowest BCUT2D eigenvalue weighted by atomic mass is 10.0. The summed E-state index contributed by atoms with van der Waals surface area (Å²) in [6, 6.07) is 8.18. The molecule has 1 aliphatic heterocycles. The molecule has 2 atom stereocenters. The molecular weight excluding hydrogens is 338 g/mol. The maximum Gasteiger partial charge on any atom is 0.227 e. The molecule has 0 radical (unpaired) electrons. The van der Waals surface area contributed by atoms with E-state index in [2.05, 4.69) is 0 Å². The summed E-state index contributed by atoms with van der Waals surface area (Å²) in [5.74, 6) is 0.475. The van der Waals surface area contributed by atoms with Crippen molar-refractivity contribution in [3.63, 3.8) is 0 Å². The van der Waals surface area contributed by atoms with E-state index in [0.717, 1.165) is 30.4 Å². The third-order valence-corrected chi connectivity index (χ3v) is 5.37. The number of hydrogen-bond donors (Lipinski definition) is 1. The Balaban J connectivity index is 0.00000225. The van der Waals surface area contributed by atoms with Crippen LogP contribution < -0.4 is 5.73 Å². The predicted octanol–water partition coefficient (Wildman–Crippen LogP) is 1.76. The maximum absolute atomic E-state index is 12.5. The van der Waals surface area contributed by atoms with Crippen molar-refractivity contribution in [3.8, 4) is 0 Å². The fraction of sp³-hybridized carbons (Fsp3) is 0.579. The van der Waals surface area contributed by atoms with Gasteiger partial charge in [0.1, 0.15) is 0 Å². The molecule has 0 aromatic heterocycles. The quantitative estimate of drug-likeness (QED) is 0.887. The minimum atomic E-state index is 0. The van der Waals surface area contributed by atoms with Gasteiger partial charge in [-0.15, -0.1) is 12.4 Å². The first kappa shape index (κ1) is 19.7. The molecule has 2 unspecified atom stereocenters. The van der Waals surface area contributed by atoms with E-state index in [4.69, 9.17) is 5.73 Å². The molecule has 1 aromatic carbocycles. The van der Waals surface area contributed by atoms with Gasteiger partial charge in [0.2, 0.25) is 11.8 Å². The number of hydrogen-bond acceptors (Lipinski definition) is 3. The third-order valence-electron chi connectivity index (χ3n) is 5.37. The smallest absolute Gasteiger partial charge is 0.227 e. The second-order valence-corrected chi connectivity index (χ2v) is 7.08. The monoisotopic (exact) mass is 365 g/mol. The molecule has 0 spiro atoms. The number of benzene rings is 1. The Hall–Kier alpha value is -1.59. The summed E-state index contributed by atoms with van der Waals surface area (Å²) < 4.78 is 0. The topological polar surface area (TPSA) is 66.6 Å². The molecule has 3 rings (SSSR count). The largest absolute Gasteiger partial charge is 0.339 e. The Morgan fingerprint density at radius 3 is 2.32 bits per heavy atom. The van der Waals surface area contributed by atoms with Crippen LogP contribution in [0.5, 0.6) is 0 Å². The molecule has 2 amide bonds. The van der Waals surface area contributed by atoms with Crippen LogP contribution in [0.2, 0.25) is 0 Å². The van der Waals surface area contributed by atoms with Crippen molar-refractivity contribution in [2.75, 3.05) is 26.2 Å². The van der Waals surface area contributed by atoms with Crippen LogP contribution in [-0.2, 0) is 16.0 Å². The van der Waals surface area contributed by atoms with Crippen LogP contribution >= 0.6 is 12.4 Å². The number of rotatable bonds is 3. The fourth-order valence-electron chi connectivity index (χ4n) is 3.76. The van der Waals surface area contributed by atoms with Crippen LogP contribution in [0.4, 0.5) is 0 Å². The van der Waals surface area contributed by atoms with Gasteiger partial charge < -0.3 is 15.5 Å². The van der Waals surface area contributed by atoms with Gasteiger partial charge in [-0.3, -0.25) is 9.59 Å². The lowest BCUT2D eigenvalue weighted by Gasteiger charge is -2.36. The van der Waals surface area contributed by atoms with Gasteiger partial charge in [0, 0.05) is 38.1 Å².